The van der Waals surface area contributed by atoms with Crippen molar-refractivity contribution in [3.8, 4) is 17.6 Å². The number of benzene rings is 2. The number of hydrogen-bond donors (Lipinski definition) is 0. The van der Waals surface area contributed by atoms with Crippen LogP contribution in [0.2, 0.25) is 5.02 Å². The number of alkyl halides is 3. The smallest absolute Gasteiger partial charge is 0.417 e. The largest absolute Gasteiger partial charge is 0.456 e. The van der Waals surface area contributed by atoms with E-state index < -0.39 is 16.8 Å². The van der Waals surface area contributed by atoms with Crippen LogP contribution in [-0.2, 0) is 25.4 Å². The molecule has 0 unspecified atom stereocenters. The molecule has 4 rings (SSSR count). The van der Waals surface area contributed by atoms with E-state index in [1.807, 2.05) is 6.07 Å². The molecule has 0 bridgehead atoms. The van der Waals surface area contributed by atoms with Crippen LogP contribution >= 0.6 is 23.4 Å². The van der Waals surface area contributed by atoms with Crippen LogP contribution in [0.1, 0.15) is 27.8 Å². The molecule has 0 saturated carbocycles. The summed E-state index contributed by atoms with van der Waals surface area (Å²) in [6, 6.07) is 9.94. The number of ether oxygens (including phenoxy) is 1. The van der Waals surface area contributed by atoms with Gasteiger partial charge >= 0.3 is 6.18 Å². The predicted octanol–water partition coefficient (Wildman–Crippen LogP) is 5.79. The fourth-order valence-electron chi connectivity index (χ4n) is 3.38. The van der Waals surface area contributed by atoms with Crippen LogP contribution in [-0.4, -0.2) is 19.5 Å². The Morgan fingerprint density at radius 3 is 2.59 bits per heavy atom. The Morgan fingerprint density at radius 2 is 1.89 bits per heavy atom. The zero-order valence-corrected chi connectivity index (χ0v) is 20.7. The Hall–Kier alpha value is -3.88. The number of hydrogen-bond acceptors (Lipinski definition) is 7. The maximum Gasteiger partial charge on any atom is 0.417 e. The first-order valence-electron chi connectivity index (χ1n) is 10.6. The minimum absolute atomic E-state index is 0.100. The number of aryl methyl sites for hydroxylation is 1. The van der Waals surface area contributed by atoms with Crippen LogP contribution in [0.3, 0.4) is 0 Å². The topological polar surface area (TPSA) is 93.7 Å². The van der Waals surface area contributed by atoms with E-state index in [0.29, 0.717) is 22.9 Å². The second-order valence-electron chi connectivity index (χ2n) is 7.86. The van der Waals surface area contributed by atoms with Crippen molar-refractivity contribution in [1.82, 2.24) is 19.5 Å². The molecular formula is C25H17ClF3N5O2S. The highest BCUT2D eigenvalue weighted by Crippen LogP contribution is 2.38. The Bertz CT molecular complexity index is 1540. The normalized spacial score (nSPS) is 11.2. The third kappa shape index (κ3) is 6.47. The van der Waals surface area contributed by atoms with Crippen LogP contribution in [0.5, 0.6) is 11.5 Å². The van der Waals surface area contributed by atoms with Crippen LogP contribution in [0.15, 0.2) is 71.3 Å². The number of halogens is 4. The van der Waals surface area contributed by atoms with E-state index in [1.165, 1.54) is 30.2 Å². The first-order chi connectivity index (χ1) is 17.6. The van der Waals surface area contributed by atoms with Gasteiger partial charge in [0.25, 0.3) is 5.56 Å². The Kier molecular flexibility index (Phi) is 7.80. The lowest BCUT2D eigenvalue weighted by Crippen LogP contribution is -2.18. The van der Waals surface area contributed by atoms with E-state index in [4.69, 9.17) is 16.3 Å². The summed E-state index contributed by atoms with van der Waals surface area (Å²) in [5.74, 6) is 0.392. The van der Waals surface area contributed by atoms with Crippen LogP contribution in [0.25, 0.3) is 0 Å². The lowest BCUT2D eigenvalue weighted by atomic mass is 10.1. The number of aromatic nitrogens is 4. The van der Waals surface area contributed by atoms with Gasteiger partial charge in [-0.15, -0.1) is 0 Å². The van der Waals surface area contributed by atoms with Crippen molar-refractivity contribution in [2.45, 2.75) is 23.5 Å². The van der Waals surface area contributed by atoms with E-state index in [2.05, 4.69) is 15.0 Å². The maximum atomic E-state index is 13.1. The highest BCUT2D eigenvalue weighted by atomic mass is 35.5. The second-order valence-corrected chi connectivity index (χ2v) is 9.21. The van der Waals surface area contributed by atoms with Crippen molar-refractivity contribution in [3.63, 3.8) is 0 Å². The number of nitrogens with zero attached hydrogens (tertiary/aromatic N) is 5. The summed E-state index contributed by atoms with van der Waals surface area (Å²) in [4.78, 5) is 24.6. The lowest BCUT2D eigenvalue weighted by molar-refractivity contribution is -0.137. The quantitative estimate of drug-likeness (QED) is 0.215. The third-order valence-electron chi connectivity index (χ3n) is 5.14. The van der Waals surface area contributed by atoms with Crippen molar-refractivity contribution in [1.29, 1.82) is 5.26 Å². The molecule has 188 valence electrons. The summed E-state index contributed by atoms with van der Waals surface area (Å²) >= 11 is 6.95. The van der Waals surface area contributed by atoms with Crippen molar-refractivity contribution < 1.29 is 17.9 Å². The molecule has 4 aromatic rings. The van der Waals surface area contributed by atoms with Gasteiger partial charge in [-0.1, -0.05) is 29.4 Å². The minimum Gasteiger partial charge on any atom is -0.456 e. The molecule has 0 atom stereocenters. The average Bonchev–Trinajstić information content (AvgIpc) is 2.87. The minimum atomic E-state index is -4.64. The zero-order chi connectivity index (χ0) is 26.6. The van der Waals surface area contributed by atoms with E-state index >= 15 is 0 Å². The summed E-state index contributed by atoms with van der Waals surface area (Å²) in [5.41, 5.74) is 0.795. The van der Waals surface area contributed by atoms with Crippen LogP contribution < -0.4 is 10.3 Å². The summed E-state index contributed by atoms with van der Waals surface area (Å²) in [5, 5.41) is 9.60. The van der Waals surface area contributed by atoms with Gasteiger partial charge in [0.2, 0.25) is 0 Å². The molecular weight excluding hydrogens is 527 g/mol. The van der Waals surface area contributed by atoms with Gasteiger partial charge in [-0.3, -0.25) is 4.79 Å². The highest BCUT2D eigenvalue weighted by molar-refractivity contribution is 7.98. The average molecular weight is 544 g/mol. The maximum absolute atomic E-state index is 13.1. The molecule has 0 aliphatic heterocycles. The molecule has 0 spiro atoms. The van der Waals surface area contributed by atoms with Gasteiger partial charge in [0.05, 0.1) is 16.1 Å². The van der Waals surface area contributed by atoms with E-state index in [9.17, 15) is 23.2 Å². The number of nitriles is 1. The Balaban J connectivity index is 1.48. The van der Waals surface area contributed by atoms with Crippen molar-refractivity contribution >= 4 is 23.4 Å². The van der Waals surface area contributed by atoms with Gasteiger partial charge < -0.3 is 9.30 Å². The molecule has 0 aliphatic rings. The molecule has 2 aromatic carbocycles. The predicted molar refractivity (Wildman–Crippen MR) is 132 cm³/mol. The monoisotopic (exact) mass is 543 g/mol. The summed E-state index contributed by atoms with van der Waals surface area (Å²) in [6.07, 6.45) is 2.12. The molecule has 2 heterocycles. The number of thioether (sulfide) groups is 1. The molecule has 0 amide bonds. The Labute approximate surface area is 218 Å². The van der Waals surface area contributed by atoms with E-state index in [1.54, 1.807) is 42.3 Å². The van der Waals surface area contributed by atoms with Gasteiger partial charge in [-0.05, 0) is 41.5 Å². The molecule has 0 fully saturated rings. The molecule has 2 aromatic heterocycles. The number of rotatable bonds is 7. The van der Waals surface area contributed by atoms with Gasteiger partial charge in [0, 0.05) is 43.4 Å². The van der Waals surface area contributed by atoms with Crippen LogP contribution in [0.4, 0.5) is 13.2 Å². The Morgan fingerprint density at radius 1 is 1.14 bits per heavy atom. The molecule has 0 saturated heterocycles. The highest BCUT2D eigenvalue weighted by Gasteiger charge is 2.33. The van der Waals surface area contributed by atoms with Crippen molar-refractivity contribution in [3.05, 3.63) is 105 Å². The third-order valence-corrected chi connectivity index (χ3v) is 6.58. The zero-order valence-electron chi connectivity index (χ0n) is 19.2. The van der Waals surface area contributed by atoms with Gasteiger partial charge in [-0.25, -0.2) is 9.97 Å². The summed E-state index contributed by atoms with van der Waals surface area (Å²) in [6.45, 7) is 0. The van der Waals surface area contributed by atoms with Crippen molar-refractivity contribution in [2.75, 3.05) is 0 Å². The van der Waals surface area contributed by atoms with Crippen molar-refractivity contribution in [2.24, 2.45) is 7.05 Å². The van der Waals surface area contributed by atoms with Crippen LogP contribution in [0, 0.1) is 11.3 Å². The van der Waals surface area contributed by atoms with E-state index in [0.717, 1.165) is 23.3 Å². The standard InChI is InChI=1S/C25H17ClF3N5O2S/c1-34-12-18(7-16-10-31-14-32-11-16)23(35)33-24(34)37-13-15-2-5-22(17(6-15)9-30)36-19-3-4-21(26)20(8-19)25(27,28)29/h2-6,8,10-12,14H,7,13H2,1H3. The van der Waals surface area contributed by atoms with E-state index in [-0.39, 0.29) is 22.6 Å². The summed E-state index contributed by atoms with van der Waals surface area (Å²) < 4.78 is 46.7. The van der Waals surface area contributed by atoms with Gasteiger partial charge in [-0.2, -0.15) is 23.4 Å². The van der Waals surface area contributed by atoms with Gasteiger partial charge in [0.15, 0.2) is 5.16 Å². The SMILES string of the molecule is Cn1cc(Cc2cncnc2)c(=O)nc1SCc1ccc(Oc2ccc(Cl)c(C(F)(F)F)c2)c(C#N)c1. The molecule has 7 nitrogen and oxygen atoms in total. The molecule has 37 heavy (non-hydrogen) atoms. The first kappa shape index (κ1) is 26.2. The molecule has 0 N–H and O–H groups in total. The lowest BCUT2D eigenvalue weighted by Gasteiger charge is -2.13. The second kappa shape index (κ2) is 11.0. The summed E-state index contributed by atoms with van der Waals surface area (Å²) in [7, 11) is 1.78. The molecule has 12 heteroatoms. The fourth-order valence-corrected chi connectivity index (χ4v) is 4.49. The van der Waals surface area contributed by atoms with Gasteiger partial charge in [0.1, 0.15) is 23.9 Å². The first-order valence-corrected chi connectivity index (χ1v) is 12.0. The molecule has 0 aliphatic carbocycles. The fraction of sp³-hybridized carbons (Fsp3) is 0.160. The molecule has 0 radical (unpaired) electrons.